The van der Waals surface area contributed by atoms with Gasteiger partial charge in [0, 0.05) is 13.1 Å². The van der Waals surface area contributed by atoms with Crippen LogP contribution in [0.5, 0.6) is 0 Å². The average molecular weight is 270 g/mol. The van der Waals surface area contributed by atoms with Gasteiger partial charge in [0.1, 0.15) is 11.6 Å². The highest BCUT2D eigenvalue weighted by atomic mass is 32.2. The van der Waals surface area contributed by atoms with Crippen molar-refractivity contribution in [3.63, 3.8) is 0 Å². The molecule has 18 heavy (non-hydrogen) atoms. The highest BCUT2D eigenvalue weighted by Gasteiger charge is 2.14. The summed E-state index contributed by atoms with van der Waals surface area (Å²) < 4.78 is 27.4. The number of aryl methyl sites for hydroxylation is 1. The molecule has 0 amide bonds. The van der Waals surface area contributed by atoms with Crippen molar-refractivity contribution in [2.24, 2.45) is 7.05 Å². The first kappa shape index (κ1) is 12.6. The zero-order valence-corrected chi connectivity index (χ0v) is 10.1. The number of rotatable bonds is 4. The summed E-state index contributed by atoms with van der Waals surface area (Å²) in [6.45, 7) is 0. The van der Waals surface area contributed by atoms with Crippen LogP contribution in [0.1, 0.15) is 10.4 Å². The molecule has 1 aromatic carbocycles. The Morgan fingerprint density at radius 2 is 2.22 bits per heavy atom. The van der Waals surface area contributed by atoms with E-state index >= 15 is 0 Å². The van der Waals surface area contributed by atoms with Crippen molar-refractivity contribution < 1.29 is 13.6 Å². The molecule has 0 N–H and O–H groups in total. The number of benzene rings is 1. The summed E-state index contributed by atoms with van der Waals surface area (Å²) in [5.74, 6) is -2.04. The van der Waals surface area contributed by atoms with Crippen LogP contribution in [-0.4, -0.2) is 31.7 Å². The van der Waals surface area contributed by atoms with Gasteiger partial charge in [-0.05, 0) is 22.6 Å². The Morgan fingerprint density at radius 3 is 2.83 bits per heavy atom. The van der Waals surface area contributed by atoms with Crippen LogP contribution in [0.15, 0.2) is 23.4 Å². The van der Waals surface area contributed by atoms with E-state index in [-0.39, 0.29) is 11.3 Å². The van der Waals surface area contributed by atoms with Crippen molar-refractivity contribution in [3.8, 4) is 0 Å². The third kappa shape index (κ3) is 2.70. The number of hydrogen-bond donors (Lipinski definition) is 0. The summed E-state index contributed by atoms with van der Waals surface area (Å²) in [5.41, 5.74) is -0.140. The number of thioether (sulfide) groups is 1. The van der Waals surface area contributed by atoms with Crippen molar-refractivity contribution >= 4 is 17.5 Å². The molecule has 0 saturated carbocycles. The Kier molecular flexibility index (Phi) is 3.66. The predicted molar refractivity (Wildman–Crippen MR) is 60.2 cm³/mol. The molecule has 94 valence electrons. The normalized spacial score (nSPS) is 10.6. The van der Waals surface area contributed by atoms with Gasteiger partial charge in [0.2, 0.25) is 5.16 Å². The first-order valence-electron chi connectivity index (χ1n) is 4.91. The zero-order chi connectivity index (χ0) is 13.1. The molecule has 1 heterocycles. The molecule has 0 saturated heterocycles. The first-order valence-corrected chi connectivity index (χ1v) is 5.90. The number of Topliss-reactive ketones (excluding diaryl/α,β-unsaturated/α-hetero) is 1. The standard InChI is InChI=1S/C10H8F2N4OS/c1-16-10(13-14-15-16)18-5-9(17)7-3-2-6(11)4-8(7)12/h2-4H,5H2,1H3. The molecule has 0 unspecified atom stereocenters. The van der Waals surface area contributed by atoms with E-state index < -0.39 is 17.4 Å². The molecule has 0 spiro atoms. The number of carbonyl (C=O) groups excluding carboxylic acids is 1. The van der Waals surface area contributed by atoms with Crippen LogP contribution in [0.4, 0.5) is 8.78 Å². The topological polar surface area (TPSA) is 60.7 Å². The molecule has 1 aromatic heterocycles. The smallest absolute Gasteiger partial charge is 0.209 e. The molecule has 0 radical (unpaired) electrons. The Bertz CT molecular complexity index is 587. The van der Waals surface area contributed by atoms with E-state index in [9.17, 15) is 13.6 Å². The van der Waals surface area contributed by atoms with Crippen molar-refractivity contribution in [2.75, 3.05) is 5.75 Å². The van der Waals surface area contributed by atoms with Crippen molar-refractivity contribution in [2.45, 2.75) is 5.16 Å². The molecule has 8 heteroatoms. The van der Waals surface area contributed by atoms with Gasteiger partial charge in [0.05, 0.1) is 11.3 Å². The number of carbonyl (C=O) groups is 1. The number of tetrazole rings is 1. The van der Waals surface area contributed by atoms with Gasteiger partial charge in [0.25, 0.3) is 0 Å². The lowest BCUT2D eigenvalue weighted by Crippen LogP contribution is -2.06. The molecule has 5 nitrogen and oxygen atoms in total. The van der Waals surface area contributed by atoms with Gasteiger partial charge in [0.15, 0.2) is 5.78 Å². The summed E-state index contributed by atoms with van der Waals surface area (Å²) in [6, 6.07) is 2.86. The highest BCUT2D eigenvalue weighted by Crippen LogP contribution is 2.17. The Labute approximate surface area is 105 Å². The number of hydrogen-bond acceptors (Lipinski definition) is 5. The number of halogens is 2. The summed E-state index contributed by atoms with van der Waals surface area (Å²) in [6.07, 6.45) is 0. The van der Waals surface area contributed by atoms with Gasteiger partial charge in [-0.15, -0.1) is 5.10 Å². The Morgan fingerprint density at radius 1 is 1.44 bits per heavy atom. The molecule has 2 aromatic rings. The summed E-state index contributed by atoms with van der Waals surface area (Å²) in [5, 5.41) is 11.1. The van der Waals surface area contributed by atoms with Crippen LogP contribution in [0.2, 0.25) is 0 Å². The highest BCUT2D eigenvalue weighted by molar-refractivity contribution is 7.99. The maximum Gasteiger partial charge on any atom is 0.209 e. The summed E-state index contributed by atoms with van der Waals surface area (Å²) in [4.78, 5) is 11.7. The van der Waals surface area contributed by atoms with E-state index in [4.69, 9.17) is 0 Å². The summed E-state index contributed by atoms with van der Waals surface area (Å²) in [7, 11) is 1.63. The van der Waals surface area contributed by atoms with Crippen LogP contribution >= 0.6 is 11.8 Å². The number of ketones is 1. The third-order valence-corrected chi connectivity index (χ3v) is 3.16. The van der Waals surface area contributed by atoms with Gasteiger partial charge < -0.3 is 0 Å². The van der Waals surface area contributed by atoms with Crippen molar-refractivity contribution in [3.05, 3.63) is 35.4 Å². The average Bonchev–Trinajstić information content (AvgIpc) is 2.72. The van der Waals surface area contributed by atoms with E-state index in [0.29, 0.717) is 11.2 Å². The lowest BCUT2D eigenvalue weighted by atomic mass is 10.1. The minimum Gasteiger partial charge on any atom is -0.293 e. The zero-order valence-electron chi connectivity index (χ0n) is 9.30. The SMILES string of the molecule is Cn1nnnc1SCC(=O)c1ccc(F)cc1F. The van der Waals surface area contributed by atoms with E-state index in [2.05, 4.69) is 15.5 Å². The molecular weight excluding hydrogens is 262 g/mol. The van der Waals surface area contributed by atoms with E-state index in [0.717, 1.165) is 23.9 Å². The monoisotopic (exact) mass is 270 g/mol. The van der Waals surface area contributed by atoms with Gasteiger partial charge in [-0.25, -0.2) is 13.5 Å². The van der Waals surface area contributed by atoms with Crippen LogP contribution in [0.3, 0.4) is 0 Å². The molecule has 0 bridgehead atoms. The fourth-order valence-corrected chi connectivity index (χ4v) is 2.00. The van der Waals surface area contributed by atoms with Crippen molar-refractivity contribution in [1.82, 2.24) is 20.2 Å². The number of nitrogens with zero attached hydrogens (tertiary/aromatic N) is 4. The Balaban J connectivity index is 2.06. The molecule has 0 aliphatic carbocycles. The van der Waals surface area contributed by atoms with Crippen LogP contribution in [-0.2, 0) is 7.05 Å². The fourth-order valence-electron chi connectivity index (χ4n) is 1.27. The van der Waals surface area contributed by atoms with Crippen LogP contribution in [0, 0.1) is 11.6 Å². The molecule has 0 aliphatic heterocycles. The lowest BCUT2D eigenvalue weighted by Gasteiger charge is -2.02. The molecule has 0 fully saturated rings. The maximum absolute atomic E-state index is 13.3. The van der Waals surface area contributed by atoms with E-state index in [1.807, 2.05) is 0 Å². The largest absolute Gasteiger partial charge is 0.293 e. The molecular formula is C10H8F2N4OS. The second kappa shape index (κ2) is 5.21. The maximum atomic E-state index is 13.3. The van der Waals surface area contributed by atoms with Gasteiger partial charge >= 0.3 is 0 Å². The summed E-state index contributed by atoms with van der Waals surface area (Å²) >= 11 is 1.09. The Hall–Kier alpha value is -1.83. The van der Waals surface area contributed by atoms with Gasteiger partial charge in [-0.3, -0.25) is 4.79 Å². The quantitative estimate of drug-likeness (QED) is 0.622. The molecule has 0 aliphatic rings. The molecule has 2 rings (SSSR count). The fraction of sp³-hybridized carbons (Fsp3) is 0.200. The first-order chi connectivity index (χ1) is 8.58. The molecule has 0 atom stereocenters. The second-order valence-electron chi connectivity index (χ2n) is 3.42. The van der Waals surface area contributed by atoms with E-state index in [1.165, 1.54) is 4.68 Å². The van der Waals surface area contributed by atoms with Crippen LogP contribution in [0.25, 0.3) is 0 Å². The minimum atomic E-state index is -0.864. The van der Waals surface area contributed by atoms with Crippen molar-refractivity contribution in [1.29, 1.82) is 0 Å². The van der Waals surface area contributed by atoms with Gasteiger partial charge in [-0.1, -0.05) is 11.8 Å². The third-order valence-electron chi connectivity index (χ3n) is 2.15. The lowest BCUT2D eigenvalue weighted by molar-refractivity contribution is 0.101. The van der Waals surface area contributed by atoms with E-state index in [1.54, 1.807) is 7.05 Å². The predicted octanol–water partition coefficient (Wildman–Crippen LogP) is 1.46. The number of aromatic nitrogens is 4. The van der Waals surface area contributed by atoms with Crippen LogP contribution < -0.4 is 0 Å². The minimum absolute atomic E-state index is 0.0171. The van der Waals surface area contributed by atoms with Gasteiger partial charge in [-0.2, -0.15) is 0 Å². The second-order valence-corrected chi connectivity index (χ2v) is 4.36.